The molecule has 0 radical (unpaired) electrons. The molecule has 0 atom stereocenters. The zero-order chi connectivity index (χ0) is 14.9. The lowest BCUT2D eigenvalue weighted by Crippen LogP contribution is -2.41. The maximum atomic E-state index is 9.00. The van der Waals surface area contributed by atoms with Crippen molar-refractivity contribution in [1.29, 1.82) is 0 Å². The van der Waals surface area contributed by atoms with E-state index in [9.17, 15) is 0 Å². The van der Waals surface area contributed by atoms with Gasteiger partial charge in [-0.2, -0.15) is 0 Å². The van der Waals surface area contributed by atoms with Crippen molar-refractivity contribution in [2.45, 2.75) is 44.7 Å². The van der Waals surface area contributed by atoms with Crippen LogP contribution in [-0.2, 0) is 6.54 Å². The minimum absolute atomic E-state index is 0.281. The third kappa shape index (κ3) is 4.99. The van der Waals surface area contributed by atoms with Crippen LogP contribution in [0.25, 0.3) is 0 Å². The Morgan fingerprint density at radius 2 is 1.95 bits per heavy atom. The normalized spacial score (nSPS) is 15.2. The standard InChI is InChI=1S/C17H28N2O2/c18-14-15-6-1-2-9-17(15)21-13-5-11-19(10-4-12-20)16-7-3-8-16/h1-2,6,9,16,20H,3-5,7-8,10-14,18H2. The van der Waals surface area contributed by atoms with Crippen molar-refractivity contribution < 1.29 is 9.84 Å². The first kappa shape index (κ1) is 16.3. The zero-order valence-corrected chi connectivity index (χ0v) is 12.8. The Morgan fingerprint density at radius 3 is 2.62 bits per heavy atom. The predicted octanol–water partition coefficient (Wildman–Crippen LogP) is 2.15. The van der Waals surface area contributed by atoms with E-state index in [0.29, 0.717) is 6.54 Å². The maximum Gasteiger partial charge on any atom is 0.123 e. The van der Waals surface area contributed by atoms with Gasteiger partial charge in [0.05, 0.1) is 6.61 Å². The summed E-state index contributed by atoms with van der Waals surface area (Å²) in [5.41, 5.74) is 6.77. The second-order valence-corrected chi connectivity index (χ2v) is 5.71. The first-order chi connectivity index (χ1) is 10.3. The van der Waals surface area contributed by atoms with E-state index < -0.39 is 0 Å². The van der Waals surface area contributed by atoms with Crippen molar-refractivity contribution in [2.75, 3.05) is 26.3 Å². The second-order valence-electron chi connectivity index (χ2n) is 5.71. The highest BCUT2D eigenvalue weighted by Crippen LogP contribution is 2.25. The Balaban J connectivity index is 1.71. The summed E-state index contributed by atoms with van der Waals surface area (Å²) in [7, 11) is 0. The number of benzene rings is 1. The van der Waals surface area contributed by atoms with Crippen molar-refractivity contribution >= 4 is 0 Å². The van der Waals surface area contributed by atoms with Gasteiger partial charge in [0.25, 0.3) is 0 Å². The third-order valence-corrected chi connectivity index (χ3v) is 4.23. The highest BCUT2D eigenvalue weighted by atomic mass is 16.5. The van der Waals surface area contributed by atoms with E-state index in [-0.39, 0.29) is 6.61 Å². The summed E-state index contributed by atoms with van der Waals surface area (Å²) >= 11 is 0. The molecule has 1 aromatic carbocycles. The molecule has 4 nitrogen and oxygen atoms in total. The van der Waals surface area contributed by atoms with Gasteiger partial charge in [-0.05, 0) is 31.7 Å². The van der Waals surface area contributed by atoms with Crippen LogP contribution in [0.3, 0.4) is 0 Å². The molecule has 0 amide bonds. The minimum Gasteiger partial charge on any atom is -0.493 e. The number of nitrogens with zero attached hydrogens (tertiary/aromatic N) is 1. The molecule has 1 aromatic rings. The predicted molar refractivity (Wildman–Crippen MR) is 85.4 cm³/mol. The second kappa shape index (κ2) is 9.03. The number of rotatable bonds is 10. The summed E-state index contributed by atoms with van der Waals surface area (Å²) < 4.78 is 5.86. The van der Waals surface area contributed by atoms with Gasteiger partial charge in [-0.15, -0.1) is 0 Å². The molecule has 4 heteroatoms. The van der Waals surface area contributed by atoms with Crippen LogP contribution in [0.5, 0.6) is 5.75 Å². The van der Waals surface area contributed by atoms with Gasteiger partial charge in [0.2, 0.25) is 0 Å². The number of hydrogen-bond donors (Lipinski definition) is 2. The van der Waals surface area contributed by atoms with Crippen LogP contribution in [0.2, 0.25) is 0 Å². The first-order valence-electron chi connectivity index (χ1n) is 8.11. The molecule has 21 heavy (non-hydrogen) atoms. The van der Waals surface area contributed by atoms with E-state index >= 15 is 0 Å². The molecular formula is C17H28N2O2. The van der Waals surface area contributed by atoms with Crippen molar-refractivity contribution in [3.8, 4) is 5.75 Å². The fourth-order valence-electron chi connectivity index (χ4n) is 2.77. The summed E-state index contributed by atoms with van der Waals surface area (Å²) in [6.45, 7) is 3.57. The molecule has 0 bridgehead atoms. The van der Waals surface area contributed by atoms with E-state index in [2.05, 4.69) is 4.90 Å². The number of hydrogen-bond acceptors (Lipinski definition) is 4. The molecule has 118 valence electrons. The fraction of sp³-hybridized carbons (Fsp3) is 0.647. The van der Waals surface area contributed by atoms with Gasteiger partial charge in [-0.3, -0.25) is 0 Å². The zero-order valence-electron chi connectivity index (χ0n) is 12.8. The molecule has 0 unspecified atom stereocenters. The van der Waals surface area contributed by atoms with E-state index in [1.807, 2.05) is 24.3 Å². The van der Waals surface area contributed by atoms with Gasteiger partial charge in [0.15, 0.2) is 0 Å². The molecule has 0 heterocycles. The Labute approximate surface area is 127 Å². The molecule has 0 aromatic heterocycles. The van der Waals surface area contributed by atoms with Crippen LogP contribution >= 0.6 is 0 Å². The summed E-state index contributed by atoms with van der Waals surface area (Å²) in [6.07, 6.45) is 5.85. The number of aliphatic hydroxyl groups excluding tert-OH is 1. The van der Waals surface area contributed by atoms with Gasteiger partial charge in [-0.1, -0.05) is 24.6 Å². The minimum atomic E-state index is 0.281. The molecular weight excluding hydrogens is 264 g/mol. The fourth-order valence-corrected chi connectivity index (χ4v) is 2.77. The highest BCUT2D eigenvalue weighted by molar-refractivity contribution is 5.32. The van der Waals surface area contributed by atoms with Crippen LogP contribution in [0.4, 0.5) is 0 Å². The number of nitrogens with two attached hydrogens (primary N) is 1. The Hall–Kier alpha value is -1.10. The maximum absolute atomic E-state index is 9.00. The van der Waals surface area contributed by atoms with Crippen LogP contribution in [0.15, 0.2) is 24.3 Å². The van der Waals surface area contributed by atoms with Gasteiger partial charge < -0.3 is 20.5 Å². The Bertz CT molecular complexity index is 408. The summed E-state index contributed by atoms with van der Waals surface area (Å²) in [5.74, 6) is 0.908. The topological polar surface area (TPSA) is 58.7 Å². The number of ether oxygens (including phenoxy) is 1. The molecule has 1 aliphatic carbocycles. The molecule has 1 aliphatic rings. The Kier molecular flexibility index (Phi) is 7.00. The molecule has 1 saturated carbocycles. The van der Waals surface area contributed by atoms with Crippen molar-refractivity contribution in [2.24, 2.45) is 5.73 Å². The van der Waals surface area contributed by atoms with Crippen molar-refractivity contribution in [1.82, 2.24) is 4.90 Å². The van der Waals surface area contributed by atoms with Crippen LogP contribution in [0.1, 0.15) is 37.7 Å². The van der Waals surface area contributed by atoms with Crippen molar-refractivity contribution in [3.05, 3.63) is 29.8 Å². The molecule has 0 saturated heterocycles. The average Bonchev–Trinajstić information content (AvgIpc) is 2.47. The smallest absolute Gasteiger partial charge is 0.123 e. The highest BCUT2D eigenvalue weighted by Gasteiger charge is 2.23. The van der Waals surface area contributed by atoms with E-state index in [0.717, 1.165) is 49.9 Å². The third-order valence-electron chi connectivity index (χ3n) is 4.23. The summed E-state index contributed by atoms with van der Waals surface area (Å²) in [5, 5.41) is 9.00. The first-order valence-corrected chi connectivity index (χ1v) is 8.11. The average molecular weight is 292 g/mol. The SMILES string of the molecule is NCc1ccccc1OCCCN(CCCO)C1CCC1. The molecule has 0 aliphatic heterocycles. The van der Waals surface area contributed by atoms with Gasteiger partial charge in [0, 0.05) is 37.8 Å². The molecule has 3 N–H and O–H groups in total. The lowest BCUT2D eigenvalue weighted by molar-refractivity contribution is 0.109. The van der Waals surface area contributed by atoms with E-state index in [1.54, 1.807) is 0 Å². The van der Waals surface area contributed by atoms with Gasteiger partial charge in [-0.25, -0.2) is 0 Å². The van der Waals surface area contributed by atoms with Gasteiger partial charge >= 0.3 is 0 Å². The number of para-hydroxylation sites is 1. The van der Waals surface area contributed by atoms with E-state index in [4.69, 9.17) is 15.6 Å². The molecule has 2 rings (SSSR count). The molecule has 1 fully saturated rings. The van der Waals surface area contributed by atoms with Crippen LogP contribution in [-0.4, -0.2) is 42.4 Å². The largest absolute Gasteiger partial charge is 0.493 e. The quantitative estimate of drug-likeness (QED) is 0.649. The van der Waals surface area contributed by atoms with E-state index in [1.165, 1.54) is 19.3 Å². The van der Waals surface area contributed by atoms with Crippen molar-refractivity contribution in [3.63, 3.8) is 0 Å². The van der Waals surface area contributed by atoms with Gasteiger partial charge in [0.1, 0.15) is 5.75 Å². The summed E-state index contributed by atoms with van der Waals surface area (Å²) in [6, 6.07) is 8.70. The summed E-state index contributed by atoms with van der Waals surface area (Å²) in [4.78, 5) is 2.51. The monoisotopic (exact) mass is 292 g/mol. The lowest BCUT2D eigenvalue weighted by atomic mass is 9.91. The molecule has 0 spiro atoms. The van der Waals surface area contributed by atoms with Crippen LogP contribution in [0, 0.1) is 0 Å². The number of aliphatic hydroxyl groups is 1. The lowest BCUT2D eigenvalue weighted by Gasteiger charge is -2.37. The Morgan fingerprint density at radius 1 is 1.19 bits per heavy atom. The van der Waals surface area contributed by atoms with Crippen LogP contribution < -0.4 is 10.5 Å².